The van der Waals surface area contributed by atoms with E-state index in [1.165, 1.54) is 44.9 Å². The van der Waals surface area contributed by atoms with Gasteiger partial charge in [0.25, 0.3) is 0 Å². The van der Waals surface area contributed by atoms with Gasteiger partial charge in [0.15, 0.2) is 0 Å². The second-order valence-electron chi connectivity index (χ2n) is 10.1. The number of carbonyl (C=O) groups is 3. The van der Waals surface area contributed by atoms with E-state index < -0.39 is 36.5 Å². The summed E-state index contributed by atoms with van der Waals surface area (Å²) in [5.74, 6) is -1.86. The largest absolute Gasteiger partial charge is 0.481 e. The molecule has 0 atom stereocenters. The van der Waals surface area contributed by atoms with Crippen molar-refractivity contribution in [1.82, 2.24) is 0 Å². The fourth-order valence-corrected chi connectivity index (χ4v) is 3.77. The summed E-state index contributed by atoms with van der Waals surface area (Å²) in [4.78, 5) is 34.4. The summed E-state index contributed by atoms with van der Waals surface area (Å²) in [6, 6.07) is 0. The van der Waals surface area contributed by atoms with E-state index in [0.717, 1.165) is 38.5 Å². The molecule has 0 aromatic carbocycles. The van der Waals surface area contributed by atoms with E-state index in [2.05, 4.69) is 19.1 Å². The van der Waals surface area contributed by atoms with Crippen molar-refractivity contribution in [3.63, 3.8) is 0 Å². The second kappa shape index (κ2) is 24.4. The third-order valence-corrected chi connectivity index (χ3v) is 6.41. The monoisotopic (exact) mass is 528 g/mol. The highest BCUT2D eigenvalue weighted by atomic mass is 16.5. The lowest BCUT2D eigenvalue weighted by Gasteiger charge is -2.28. The van der Waals surface area contributed by atoms with Gasteiger partial charge in [-0.2, -0.15) is 0 Å². The van der Waals surface area contributed by atoms with Crippen molar-refractivity contribution < 1.29 is 39.2 Å². The minimum atomic E-state index is -1.26. The van der Waals surface area contributed by atoms with Gasteiger partial charge in [-0.05, 0) is 44.9 Å². The minimum absolute atomic E-state index is 0.0167. The number of aliphatic carboxylic acids is 1. The zero-order valence-electron chi connectivity index (χ0n) is 23.1. The van der Waals surface area contributed by atoms with Crippen LogP contribution in [0.5, 0.6) is 0 Å². The Bertz CT molecular complexity index is 613. The van der Waals surface area contributed by atoms with Gasteiger partial charge >= 0.3 is 17.9 Å². The molecule has 0 aromatic heterocycles. The molecule has 0 bridgehead atoms. The molecule has 0 radical (unpaired) electrons. The Hall–Kier alpha value is -1.93. The molecule has 0 amide bonds. The molecule has 0 saturated carbocycles. The Kier molecular flexibility index (Phi) is 23.1. The third kappa shape index (κ3) is 21.8. The molecule has 0 fully saturated rings. The maximum atomic E-state index is 12.1. The number of aliphatic hydroxyl groups excluding tert-OH is 2. The number of hydrogen-bond donors (Lipinski definition) is 3. The van der Waals surface area contributed by atoms with Crippen molar-refractivity contribution in [2.24, 2.45) is 5.41 Å². The fraction of sp³-hybridized carbons (Fsp3) is 0.828. The van der Waals surface area contributed by atoms with Gasteiger partial charge in [0, 0.05) is 19.3 Å². The van der Waals surface area contributed by atoms with Crippen LogP contribution in [0.1, 0.15) is 122 Å². The molecular weight excluding hydrogens is 476 g/mol. The van der Waals surface area contributed by atoms with Crippen LogP contribution in [0.2, 0.25) is 0 Å². The van der Waals surface area contributed by atoms with Crippen LogP contribution in [0.3, 0.4) is 0 Å². The number of allylic oxidation sites excluding steroid dienone is 2. The molecule has 3 N–H and O–H groups in total. The molecule has 0 aliphatic rings. The summed E-state index contributed by atoms with van der Waals surface area (Å²) in [6.45, 7) is 0.714. The molecule has 0 spiro atoms. The first-order valence-corrected chi connectivity index (χ1v) is 14.3. The van der Waals surface area contributed by atoms with Crippen molar-refractivity contribution in [3.8, 4) is 0 Å². The van der Waals surface area contributed by atoms with Gasteiger partial charge in [-0.25, -0.2) is 0 Å². The maximum absolute atomic E-state index is 12.1. The van der Waals surface area contributed by atoms with Crippen LogP contribution in [0, 0.1) is 5.41 Å². The third-order valence-electron chi connectivity index (χ3n) is 6.41. The van der Waals surface area contributed by atoms with Crippen LogP contribution < -0.4 is 0 Å². The molecule has 0 aliphatic heterocycles. The molecule has 0 rings (SSSR count). The lowest BCUT2D eigenvalue weighted by Crippen LogP contribution is -2.41. The van der Waals surface area contributed by atoms with E-state index in [9.17, 15) is 24.6 Å². The molecule has 0 heterocycles. The first-order valence-electron chi connectivity index (χ1n) is 14.3. The topological polar surface area (TPSA) is 130 Å². The van der Waals surface area contributed by atoms with E-state index in [0.29, 0.717) is 12.8 Å². The number of esters is 2. The summed E-state index contributed by atoms with van der Waals surface area (Å²) in [5.41, 5.74) is -1.26. The van der Waals surface area contributed by atoms with Crippen LogP contribution in [0.15, 0.2) is 12.2 Å². The molecule has 216 valence electrons. The van der Waals surface area contributed by atoms with Crippen molar-refractivity contribution in [1.29, 1.82) is 0 Å². The van der Waals surface area contributed by atoms with Gasteiger partial charge in [-0.1, -0.05) is 70.4 Å². The minimum Gasteiger partial charge on any atom is -0.481 e. The van der Waals surface area contributed by atoms with Gasteiger partial charge in [0.05, 0.1) is 18.6 Å². The summed E-state index contributed by atoms with van der Waals surface area (Å²) >= 11 is 0. The highest BCUT2D eigenvalue weighted by Gasteiger charge is 2.32. The van der Waals surface area contributed by atoms with E-state index in [1.54, 1.807) is 0 Å². The number of carboxylic acid groups (broad SMARTS) is 1. The molecule has 0 unspecified atom stereocenters. The highest BCUT2D eigenvalue weighted by molar-refractivity contribution is 5.70. The van der Waals surface area contributed by atoms with Gasteiger partial charge < -0.3 is 24.8 Å². The van der Waals surface area contributed by atoms with Crippen molar-refractivity contribution >= 4 is 17.9 Å². The molecule has 0 aromatic rings. The first kappa shape index (κ1) is 35.1. The summed E-state index contributed by atoms with van der Waals surface area (Å²) in [5, 5.41) is 28.0. The Morgan fingerprint density at radius 2 is 1.03 bits per heavy atom. The Labute approximate surface area is 223 Å². The molecule has 0 saturated heterocycles. The fourth-order valence-electron chi connectivity index (χ4n) is 3.77. The lowest BCUT2D eigenvalue weighted by molar-refractivity contribution is -0.159. The number of aliphatic hydroxyl groups is 2. The van der Waals surface area contributed by atoms with Gasteiger partial charge in [0.1, 0.15) is 13.2 Å². The second-order valence-corrected chi connectivity index (χ2v) is 10.1. The average molecular weight is 529 g/mol. The molecule has 37 heavy (non-hydrogen) atoms. The predicted octanol–water partition coefficient (Wildman–Crippen LogP) is 5.73. The zero-order valence-corrected chi connectivity index (χ0v) is 23.1. The highest BCUT2D eigenvalue weighted by Crippen LogP contribution is 2.19. The molecule has 0 aliphatic carbocycles. The number of carboxylic acids is 1. The summed E-state index contributed by atoms with van der Waals surface area (Å²) in [6.07, 6.45) is 20.9. The average Bonchev–Trinajstić information content (AvgIpc) is 2.89. The van der Waals surface area contributed by atoms with Crippen molar-refractivity contribution in [3.05, 3.63) is 12.2 Å². The van der Waals surface area contributed by atoms with Gasteiger partial charge in [-0.15, -0.1) is 0 Å². The molecular formula is C29H52O8. The van der Waals surface area contributed by atoms with Crippen LogP contribution in [0.25, 0.3) is 0 Å². The Balaban J connectivity index is 3.85. The number of unbranched alkanes of at least 4 members (excludes halogenated alkanes) is 12. The normalized spacial score (nSPS) is 11.6. The smallest absolute Gasteiger partial charge is 0.305 e. The van der Waals surface area contributed by atoms with Crippen LogP contribution in [-0.2, 0) is 23.9 Å². The van der Waals surface area contributed by atoms with Crippen molar-refractivity contribution in [2.75, 3.05) is 26.4 Å². The van der Waals surface area contributed by atoms with E-state index in [-0.39, 0.29) is 32.5 Å². The molecule has 8 heteroatoms. The van der Waals surface area contributed by atoms with E-state index in [4.69, 9.17) is 14.6 Å². The van der Waals surface area contributed by atoms with Crippen LogP contribution in [-0.4, -0.2) is 59.7 Å². The zero-order chi connectivity index (χ0) is 27.6. The SMILES string of the molecule is CCCCCCCC/C=C\CCCCCCCC(=O)OCC(CO)(CO)COC(=O)CCCCC(=O)O. The van der Waals surface area contributed by atoms with Crippen LogP contribution in [0.4, 0.5) is 0 Å². The van der Waals surface area contributed by atoms with E-state index >= 15 is 0 Å². The Morgan fingerprint density at radius 3 is 1.49 bits per heavy atom. The summed E-state index contributed by atoms with van der Waals surface area (Å²) in [7, 11) is 0. The quantitative estimate of drug-likeness (QED) is 0.0737. The number of carbonyl (C=O) groups excluding carboxylic acids is 2. The first-order chi connectivity index (χ1) is 17.9. The lowest BCUT2D eigenvalue weighted by atomic mass is 9.92. The van der Waals surface area contributed by atoms with Gasteiger partial charge in [-0.3, -0.25) is 14.4 Å². The van der Waals surface area contributed by atoms with Crippen molar-refractivity contribution in [2.45, 2.75) is 122 Å². The standard InChI is InChI=1S/C29H52O8/c1-2-3-4-5-6-7-8-9-10-11-12-13-14-15-16-20-27(34)36-24-29(22-30,23-31)25-37-28(35)21-18-17-19-26(32)33/h9-10,30-31H,2-8,11-25H2,1H3,(H,32,33)/b10-9-. The number of hydrogen-bond acceptors (Lipinski definition) is 7. The van der Waals surface area contributed by atoms with E-state index in [1.807, 2.05) is 0 Å². The summed E-state index contributed by atoms with van der Waals surface area (Å²) < 4.78 is 10.4. The Morgan fingerprint density at radius 1 is 0.622 bits per heavy atom. The maximum Gasteiger partial charge on any atom is 0.305 e. The van der Waals surface area contributed by atoms with Gasteiger partial charge in [0.2, 0.25) is 0 Å². The predicted molar refractivity (Wildman–Crippen MR) is 144 cm³/mol. The molecule has 8 nitrogen and oxygen atoms in total. The van der Waals surface area contributed by atoms with Crippen LogP contribution >= 0.6 is 0 Å². The number of ether oxygens (including phenoxy) is 2. The number of rotatable bonds is 26.